The molecule has 2 rings (SSSR count). The van der Waals surface area contributed by atoms with Gasteiger partial charge < -0.3 is 16.2 Å². The van der Waals surface area contributed by atoms with Gasteiger partial charge in [0.05, 0.1) is 11.4 Å². The number of anilines is 1. The highest BCUT2D eigenvalue weighted by molar-refractivity contribution is 7.80. The molecule has 1 heterocycles. The van der Waals surface area contributed by atoms with Crippen molar-refractivity contribution >= 4 is 34.6 Å². The van der Waals surface area contributed by atoms with Crippen molar-refractivity contribution in [2.75, 3.05) is 5.32 Å². The van der Waals surface area contributed by atoms with Crippen LogP contribution in [0.25, 0.3) is 0 Å². The molecule has 1 atom stereocenters. The lowest BCUT2D eigenvalue weighted by Gasteiger charge is -2.20. The second-order valence-corrected chi connectivity index (χ2v) is 4.80. The molecule has 1 aliphatic heterocycles. The highest BCUT2D eigenvalue weighted by atomic mass is 32.1. The molecule has 6 nitrogen and oxygen atoms in total. The summed E-state index contributed by atoms with van der Waals surface area (Å²) >= 11 is 4.74. The van der Waals surface area contributed by atoms with E-state index in [1.807, 2.05) is 6.92 Å². The summed E-state index contributed by atoms with van der Waals surface area (Å²) in [6, 6.07) is 4.95. The van der Waals surface area contributed by atoms with E-state index in [0.29, 0.717) is 12.1 Å². The van der Waals surface area contributed by atoms with E-state index in [9.17, 15) is 9.90 Å². The number of amides is 1. The number of phenols is 1. The van der Waals surface area contributed by atoms with Crippen molar-refractivity contribution in [1.29, 1.82) is 0 Å². The van der Waals surface area contributed by atoms with Gasteiger partial charge in [-0.3, -0.25) is 4.79 Å². The quantitative estimate of drug-likeness (QED) is 0.476. The topological polar surface area (TPSA) is 99.7 Å². The van der Waals surface area contributed by atoms with E-state index in [-0.39, 0.29) is 22.7 Å². The van der Waals surface area contributed by atoms with Gasteiger partial charge in [0.25, 0.3) is 0 Å². The number of rotatable bonds is 2. The number of hydrogen-bond donors (Lipinski definition) is 4. The fourth-order valence-electron chi connectivity index (χ4n) is 1.93. The molecule has 0 spiro atoms. The molecule has 0 aromatic heterocycles. The third-order valence-corrected chi connectivity index (χ3v) is 2.91. The highest BCUT2D eigenvalue weighted by Crippen LogP contribution is 2.26. The number of benzene rings is 1. The fraction of sp³-hybridized carbons (Fsp3) is 0.250. The molecule has 1 aromatic rings. The predicted octanol–water partition coefficient (Wildman–Crippen LogP) is 0.908. The molecule has 5 N–H and O–H groups in total. The number of carbonyl (C=O) groups excluding carboxylic acids is 1. The van der Waals surface area contributed by atoms with Crippen LogP contribution in [0.15, 0.2) is 23.3 Å². The Bertz CT molecular complexity index is 571. The van der Waals surface area contributed by atoms with E-state index in [4.69, 9.17) is 18.0 Å². The number of thiocarbonyl (C=S) groups is 1. The first-order valence-corrected chi connectivity index (χ1v) is 6.14. The fourth-order valence-corrected chi connectivity index (χ4v) is 2.04. The molecular weight excluding hydrogens is 264 g/mol. The van der Waals surface area contributed by atoms with Crippen molar-refractivity contribution in [3.8, 4) is 5.75 Å². The van der Waals surface area contributed by atoms with Gasteiger partial charge in [-0.1, -0.05) is 6.92 Å². The van der Waals surface area contributed by atoms with E-state index < -0.39 is 0 Å². The van der Waals surface area contributed by atoms with Gasteiger partial charge in [0.15, 0.2) is 5.11 Å². The van der Waals surface area contributed by atoms with E-state index >= 15 is 0 Å². The van der Waals surface area contributed by atoms with Crippen molar-refractivity contribution in [2.24, 2.45) is 16.8 Å². The van der Waals surface area contributed by atoms with Gasteiger partial charge in [0.2, 0.25) is 5.91 Å². The second kappa shape index (κ2) is 5.23. The Morgan fingerprint density at radius 2 is 2.37 bits per heavy atom. The smallest absolute Gasteiger partial charge is 0.240 e. The summed E-state index contributed by atoms with van der Waals surface area (Å²) in [6.45, 7) is 1.92. The Kier molecular flexibility index (Phi) is 3.66. The lowest BCUT2D eigenvalue weighted by atomic mass is 9.94. The van der Waals surface area contributed by atoms with Crippen LogP contribution < -0.4 is 16.5 Å². The summed E-state index contributed by atoms with van der Waals surface area (Å²) in [5.41, 5.74) is 9.81. The zero-order valence-corrected chi connectivity index (χ0v) is 11.1. The Hall–Kier alpha value is -2.15. The molecule has 0 aliphatic carbocycles. The van der Waals surface area contributed by atoms with Crippen LogP contribution in [0.1, 0.15) is 18.9 Å². The van der Waals surface area contributed by atoms with Crippen LogP contribution in [-0.2, 0) is 4.79 Å². The number of phenolic OH excluding ortho intramolecular Hbond substituents is 1. The standard InChI is InChI=1S/C12H14N4O2S/c1-6-4-10(18)15-16-11(6)7-2-3-9(17)8(5-7)14-12(13)19/h2-3,5-6,17H,4H2,1H3,(H,15,18)(H3,13,14,19). The van der Waals surface area contributed by atoms with Crippen molar-refractivity contribution in [3.63, 3.8) is 0 Å². The molecule has 0 fully saturated rings. The molecule has 0 saturated carbocycles. The van der Waals surface area contributed by atoms with Gasteiger partial charge in [-0.2, -0.15) is 5.10 Å². The molecule has 0 radical (unpaired) electrons. The number of nitrogens with one attached hydrogen (secondary N) is 2. The summed E-state index contributed by atoms with van der Waals surface area (Å²) < 4.78 is 0. The van der Waals surface area contributed by atoms with Crippen molar-refractivity contribution in [3.05, 3.63) is 23.8 Å². The van der Waals surface area contributed by atoms with Gasteiger partial charge in [-0.25, -0.2) is 5.43 Å². The SMILES string of the molecule is CC1CC(=O)NN=C1c1ccc(O)c(NC(N)=S)c1. The number of hydrogen-bond acceptors (Lipinski definition) is 4. The van der Waals surface area contributed by atoms with Crippen LogP contribution in [0.5, 0.6) is 5.75 Å². The zero-order valence-electron chi connectivity index (χ0n) is 10.3. The minimum absolute atomic E-state index is 0.0102. The molecule has 1 unspecified atom stereocenters. The van der Waals surface area contributed by atoms with Gasteiger partial charge in [0, 0.05) is 17.9 Å². The van der Waals surface area contributed by atoms with Crippen LogP contribution in [0.2, 0.25) is 0 Å². The summed E-state index contributed by atoms with van der Waals surface area (Å²) in [5.74, 6) is -0.0443. The maximum absolute atomic E-state index is 11.2. The average Bonchev–Trinajstić information content (AvgIpc) is 2.32. The highest BCUT2D eigenvalue weighted by Gasteiger charge is 2.22. The Balaban J connectivity index is 2.35. The summed E-state index contributed by atoms with van der Waals surface area (Å²) in [4.78, 5) is 11.2. The van der Waals surface area contributed by atoms with Crippen LogP contribution in [0.3, 0.4) is 0 Å². The lowest BCUT2D eigenvalue weighted by Crippen LogP contribution is -2.32. The average molecular weight is 278 g/mol. The van der Waals surface area contributed by atoms with Gasteiger partial charge >= 0.3 is 0 Å². The van der Waals surface area contributed by atoms with Crippen LogP contribution >= 0.6 is 12.2 Å². The molecule has 100 valence electrons. The Labute approximate surface area is 115 Å². The van der Waals surface area contributed by atoms with Crippen LogP contribution in [-0.4, -0.2) is 21.8 Å². The zero-order chi connectivity index (χ0) is 14.0. The minimum atomic E-state index is -0.100. The molecule has 0 bridgehead atoms. The number of nitrogens with two attached hydrogens (primary N) is 1. The molecule has 1 aliphatic rings. The number of nitrogens with zero attached hydrogens (tertiary/aromatic N) is 1. The summed E-state index contributed by atoms with van der Waals surface area (Å²) in [7, 11) is 0. The first-order chi connectivity index (χ1) is 8.97. The van der Waals surface area contributed by atoms with E-state index in [2.05, 4.69) is 15.8 Å². The third-order valence-electron chi connectivity index (χ3n) is 2.81. The van der Waals surface area contributed by atoms with E-state index in [1.165, 1.54) is 6.07 Å². The number of hydrazone groups is 1. The molecule has 7 heteroatoms. The minimum Gasteiger partial charge on any atom is -0.506 e. The van der Waals surface area contributed by atoms with E-state index in [1.54, 1.807) is 12.1 Å². The Morgan fingerprint density at radius 1 is 1.63 bits per heavy atom. The largest absolute Gasteiger partial charge is 0.506 e. The number of carbonyl (C=O) groups is 1. The summed E-state index contributed by atoms with van der Waals surface area (Å²) in [5, 5.41) is 16.5. The normalized spacial score (nSPS) is 18.5. The van der Waals surface area contributed by atoms with Crippen molar-refractivity contribution in [1.82, 2.24) is 5.43 Å². The van der Waals surface area contributed by atoms with Gasteiger partial charge in [0.1, 0.15) is 5.75 Å². The monoisotopic (exact) mass is 278 g/mol. The summed E-state index contributed by atoms with van der Waals surface area (Å²) in [6.07, 6.45) is 0.387. The van der Waals surface area contributed by atoms with Gasteiger partial charge in [-0.05, 0) is 30.4 Å². The Morgan fingerprint density at radius 3 is 3.00 bits per heavy atom. The maximum Gasteiger partial charge on any atom is 0.240 e. The first kappa shape index (κ1) is 13.3. The molecule has 1 amide bonds. The van der Waals surface area contributed by atoms with E-state index in [0.717, 1.165) is 11.3 Å². The molecular formula is C12H14N4O2S. The maximum atomic E-state index is 11.2. The van der Waals surface area contributed by atoms with Crippen LogP contribution in [0, 0.1) is 5.92 Å². The van der Waals surface area contributed by atoms with Crippen molar-refractivity contribution < 1.29 is 9.90 Å². The third kappa shape index (κ3) is 3.00. The predicted molar refractivity (Wildman–Crippen MR) is 77.0 cm³/mol. The van der Waals surface area contributed by atoms with Crippen LogP contribution in [0.4, 0.5) is 5.69 Å². The molecule has 0 saturated heterocycles. The molecule has 1 aromatic carbocycles. The second-order valence-electron chi connectivity index (χ2n) is 4.36. The first-order valence-electron chi connectivity index (χ1n) is 5.73. The lowest BCUT2D eigenvalue weighted by molar-refractivity contribution is -0.121. The number of aromatic hydroxyl groups is 1. The molecule has 19 heavy (non-hydrogen) atoms. The van der Waals surface area contributed by atoms with Crippen molar-refractivity contribution in [2.45, 2.75) is 13.3 Å². The van der Waals surface area contributed by atoms with Gasteiger partial charge in [-0.15, -0.1) is 0 Å².